The Labute approximate surface area is 142 Å². The van der Waals surface area contributed by atoms with Gasteiger partial charge in [-0.2, -0.15) is 0 Å². The molecule has 120 valence electrons. The molecule has 0 radical (unpaired) electrons. The van der Waals surface area contributed by atoms with Gasteiger partial charge in [0.2, 0.25) is 5.16 Å². The van der Waals surface area contributed by atoms with Gasteiger partial charge in [-0.3, -0.25) is 0 Å². The first-order valence-electron chi connectivity index (χ1n) is 7.05. The van der Waals surface area contributed by atoms with Crippen molar-refractivity contribution in [1.82, 2.24) is 19.9 Å². The molecule has 0 fully saturated rings. The molecule has 0 aliphatic rings. The summed E-state index contributed by atoms with van der Waals surface area (Å²) in [5, 5.41) is 12.0. The third-order valence-electron chi connectivity index (χ3n) is 3.32. The molecular formula is C15H17N5OS2. The molecule has 0 spiro atoms. The topological polar surface area (TPSA) is 78.9 Å². The van der Waals surface area contributed by atoms with Gasteiger partial charge in [-0.05, 0) is 6.92 Å². The van der Waals surface area contributed by atoms with Crippen LogP contribution in [0.4, 0.5) is 0 Å². The smallest absolute Gasteiger partial charge is 0.210 e. The van der Waals surface area contributed by atoms with Crippen LogP contribution in [0.3, 0.4) is 0 Å². The maximum Gasteiger partial charge on any atom is 0.210 e. The van der Waals surface area contributed by atoms with E-state index in [2.05, 4.69) is 15.2 Å². The fourth-order valence-electron chi connectivity index (χ4n) is 1.97. The van der Waals surface area contributed by atoms with Crippen LogP contribution in [0.5, 0.6) is 0 Å². The molecule has 3 aromatic rings. The zero-order chi connectivity index (χ0) is 16.2. The van der Waals surface area contributed by atoms with Crippen LogP contribution in [0.25, 0.3) is 11.4 Å². The molecule has 0 aliphatic heterocycles. The lowest BCUT2D eigenvalue weighted by atomic mass is 10.2. The number of nitrogens with zero attached hydrogens (tertiary/aromatic N) is 4. The standard InChI is InChI=1S/C15H17N5OS2/c1-10(21-2)14-17-12(8-22-14)9-23-15-19-18-13(20(15)16)11-6-4-3-5-7-11/h3-8,10H,9,16H2,1-2H3. The van der Waals surface area contributed by atoms with E-state index in [-0.39, 0.29) is 6.10 Å². The largest absolute Gasteiger partial charge is 0.375 e. The summed E-state index contributed by atoms with van der Waals surface area (Å²) in [5.74, 6) is 7.45. The molecule has 1 aromatic carbocycles. The van der Waals surface area contributed by atoms with Gasteiger partial charge < -0.3 is 10.6 Å². The predicted octanol–water partition coefficient (Wildman–Crippen LogP) is 3.12. The summed E-state index contributed by atoms with van der Waals surface area (Å²) in [6, 6.07) is 9.77. The second-order valence-electron chi connectivity index (χ2n) is 4.89. The first-order valence-corrected chi connectivity index (χ1v) is 8.91. The zero-order valence-corrected chi connectivity index (χ0v) is 14.5. The molecule has 0 saturated heterocycles. The Kier molecular flexibility index (Phi) is 4.94. The number of hydrogen-bond acceptors (Lipinski definition) is 7. The van der Waals surface area contributed by atoms with Gasteiger partial charge in [-0.1, -0.05) is 42.1 Å². The molecule has 6 nitrogen and oxygen atoms in total. The van der Waals surface area contributed by atoms with E-state index in [4.69, 9.17) is 10.6 Å². The molecular weight excluding hydrogens is 330 g/mol. The predicted molar refractivity (Wildman–Crippen MR) is 92.7 cm³/mol. The van der Waals surface area contributed by atoms with Gasteiger partial charge in [0.15, 0.2) is 5.82 Å². The number of rotatable bonds is 6. The highest BCUT2D eigenvalue weighted by Crippen LogP contribution is 2.26. The highest BCUT2D eigenvalue weighted by Gasteiger charge is 2.14. The van der Waals surface area contributed by atoms with Crippen LogP contribution < -0.4 is 5.84 Å². The van der Waals surface area contributed by atoms with E-state index in [1.54, 1.807) is 18.4 Å². The number of nitrogen functional groups attached to an aromatic ring is 1. The monoisotopic (exact) mass is 347 g/mol. The van der Waals surface area contributed by atoms with Crippen molar-refractivity contribution in [3.63, 3.8) is 0 Å². The van der Waals surface area contributed by atoms with Crippen LogP contribution in [-0.4, -0.2) is 27.0 Å². The minimum absolute atomic E-state index is 0.0154. The van der Waals surface area contributed by atoms with Gasteiger partial charge in [0.25, 0.3) is 0 Å². The maximum absolute atomic E-state index is 6.11. The number of ether oxygens (including phenoxy) is 1. The van der Waals surface area contributed by atoms with Gasteiger partial charge in [-0.15, -0.1) is 21.5 Å². The van der Waals surface area contributed by atoms with E-state index in [9.17, 15) is 0 Å². The van der Waals surface area contributed by atoms with Gasteiger partial charge in [0.1, 0.15) is 11.1 Å². The molecule has 3 rings (SSSR count). The van der Waals surface area contributed by atoms with Crippen molar-refractivity contribution in [3.05, 3.63) is 46.4 Å². The summed E-state index contributed by atoms with van der Waals surface area (Å²) < 4.78 is 6.80. The molecule has 0 saturated carbocycles. The summed E-state index contributed by atoms with van der Waals surface area (Å²) >= 11 is 3.12. The van der Waals surface area contributed by atoms with E-state index >= 15 is 0 Å². The van der Waals surface area contributed by atoms with E-state index in [1.807, 2.05) is 42.6 Å². The van der Waals surface area contributed by atoms with Gasteiger partial charge >= 0.3 is 0 Å². The molecule has 1 atom stereocenters. The zero-order valence-electron chi connectivity index (χ0n) is 12.8. The average molecular weight is 347 g/mol. The summed E-state index contributed by atoms with van der Waals surface area (Å²) in [4.78, 5) is 4.57. The van der Waals surface area contributed by atoms with Crippen LogP contribution in [0.15, 0.2) is 40.9 Å². The number of thiazole rings is 1. The Bertz CT molecular complexity index is 771. The number of hydrogen-bond donors (Lipinski definition) is 1. The van der Waals surface area contributed by atoms with Crippen molar-refractivity contribution < 1.29 is 4.74 Å². The lowest BCUT2D eigenvalue weighted by Crippen LogP contribution is -2.11. The average Bonchev–Trinajstić information content (AvgIpc) is 3.20. The van der Waals surface area contributed by atoms with Crippen molar-refractivity contribution in [2.45, 2.75) is 23.9 Å². The van der Waals surface area contributed by atoms with Gasteiger partial charge in [0.05, 0.1) is 5.69 Å². The normalized spacial score (nSPS) is 12.4. The Balaban J connectivity index is 1.70. The van der Waals surface area contributed by atoms with E-state index in [0.717, 1.165) is 16.3 Å². The molecule has 23 heavy (non-hydrogen) atoms. The Morgan fingerprint density at radius 2 is 2.09 bits per heavy atom. The fraction of sp³-hybridized carbons (Fsp3) is 0.267. The highest BCUT2D eigenvalue weighted by molar-refractivity contribution is 7.98. The molecule has 2 aromatic heterocycles. The summed E-state index contributed by atoms with van der Waals surface area (Å²) in [7, 11) is 1.68. The first kappa shape index (κ1) is 16.0. The van der Waals surface area contributed by atoms with Gasteiger partial charge in [0, 0.05) is 23.8 Å². The van der Waals surface area contributed by atoms with E-state index in [1.165, 1.54) is 16.4 Å². The van der Waals surface area contributed by atoms with E-state index < -0.39 is 0 Å². The van der Waals surface area contributed by atoms with Gasteiger partial charge in [-0.25, -0.2) is 9.66 Å². The minimum atomic E-state index is 0.0154. The van der Waals surface area contributed by atoms with Crippen molar-refractivity contribution >= 4 is 23.1 Å². The molecule has 2 N–H and O–H groups in total. The number of methoxy groups -OCH3 is 1. The van der Waals surface area contributed by atoms with Crippen molar-refractivity contribution in [3.8, 4) is 11.4 Å². The van der Waals surface area contributed by atoms with Crippen LogP contribution in [0, 0.1) is 0 Å². The highest BCUT2D eigenvalue weighted by atomic mass is 32.2. The second-order valence-corrected chi connectivity index (χ2v) is 6.72. The Morgan fingerprint density at radius 1 is 1.30 bits per heavy atom. The van der Waals surface area contributed by atoms with Crippen molar-refractivity contribution in [2.75, 3.05) is 13.0 Å². The second kappa shape index (κ2) is 7.12. The van der Waals surface area contributed by atoms with Crippen LogP contribution in [0.1, 0.15) is 23.7 Å². The van der Waals surface area contributed by atoms with Crippen molar-refractivity contribution in [1.29, 1.82) is 0 Å². The van der Waals surface area contributed by atoms with E-state index in [0.29, 0.717) is 16.7 Å². The number of nitrogens with two attached hydrogens (primary N) is 1. The van der Waals surface area contributed by atoms with Crippen LogP contribution in [0.2, 0.25) is 0 Å². The quantitative estimate of drug-likeness (QED) is 0.545. The third kappa shape index (κ3) is 3.54. The summed E-state index contributed by atoms with van der Waals surface area (Å²) in [6.45, 7) is 1.98. The lowest BCUT2D eigenvalue weighted by molar-refractivity contribution is 0.119. The van der Waals surface area contributed by atoms with Crippen LogP contribution >= 0.6 is 23.1 Å². The third-order valence-corrected chi connectivity index (χ3v) is 5.35. The lowest BCUT2D eigenvalue weighted by Gasteiger charge is -2.04. The Hall–Kier alpha value is -1.90. The molecule has 1 unspecified atom stereocenters. The number of aromatic nitrogens is 4. The molecule has 8 heteroatoms. The summed E-state index contributed by atoms with van der Waals surface area (Å²) in [5.41, 5.74) is 1.93. The fourth-order valence-corrected chi connectivity index (χ4v) is 3.68. The van der Waals surface area contributed by atoms with Crippen molar-refractivity contribution in [2.24, 2.45) is 0 Å². The Morgan fingerprint density at radius 3 is 2.83 bits per heavy atom. The number of benzene rings is 1. The van der Waals surface area contributed by atoms with Crippen LogP contribution in [-0.2, 0) is 10.5 Å². The maximum atomic E-state index is 6.11. The molecule has 2 heterocycles. The molecule has 0 amide bonds. The SMILES string of the molecule is COC(C)c1nc(CSc2nnc(-c3ccccc3)n2N)cs1. The summed E-state index contributed by atoms with van der Waals surface area (Å²) in [6.07, 6.45) is 0.0154. The minimum Gasteiger partial charge on any atom is -0.375 e. The molecule has 0 bridgehead atoms. The molecule has 0 aliphatic carbocycles. The first-order chi connectivity index (χ1) is 11.2. The number of thioether (sulfide) groups is 1.